The van der Waals surface area contributed by atoms with E-state index in [1.807, 2.05) is 0 Å². The Morgan fingerprint density at radius 3 is 2.64 bits per heavy atom. The summed E-state index contributed by atoms with van der Waals surface area (Å²) in [7, 11) is -3.52. The summed E-state index contributed by atoms with van der Waals surface area (Å²) in [6, 6.07) is 3.12. The van der Waals surface area contributed by atoms with Gasteiger partial charge in [0.05, 0.1) is 24.7 Å². The Labute approximate surface area is 194 Å². The molecule has 184 valence electrons. The van der Waals surface area contributed by atoms with Gasteiger partial charge in [0.15, 0.2) is 0 Å². The molecule has 1 aromatic carbocycles. The topological polar surface area (TPSA) is 108 Å². The van der Waals surface area contributed by atoms with Gasteiger partial charge in [-0.1, -0.05) is 13.3 Å². The van der Waals surface area contributed by atoms with Gasteiger partial charge >= 0.3 is 0 Å². The van der Waals surface area contributed by atoms with E-state index in [1.165, 1.54) is 22.5 Å². The van der Waals surface area contributed by atoms with E-state index in [0.717, 1.165) is 19.5 Å². The highest BCUT2D eigenvalue weighted by Crippen LogP contribution is 2.24. The second kappa shape index (κ2) is 11.9. The number of rotatable bonds is 9. The first-order chi connectivity index (χ1) is 15.8. The number of carbonyl (C=O) groups excluding carboxylic acids is 2. The van der Waals surface area contributed by atoms with Crippen LogP contribution in [0.25, 0.3) is 0 Å². The number of benzene rings is 1. The van der Waals surface area contributed by atoms with E-state index in [4.69, 9.17) is 4.74 Å². The molecule has 2 N–H and O–H groups in total. The van der Waals surface area contributed by atoms with Crippen LogP contribution in [0, 0.1) is 5.82 Å². The zero-order chi connectivity index (χ0) is 23.8. The van der Waals surface area contributed by atoms with Crippen molar-refractivity contribution in [2.45, 2.75) is 45.1 Å². The van der Waals surface area contributed by atoms with Crippen LogP contribution in [0.4, 0.5) is 15.8 Å². The van der Waals surface area contributed by atoms with Crippen LogP contribution in [0.3, 0.4) is 0 Å². The van der Waals surface area contributed by atoms with Crippen molar-refractivity contribution in [1.82, 2.24) is 9.21 Å². The van der Waals surface area contributed by atoms with Gasteiger partial charge in [0.25, 0.3) is 0 Å². The maximum Gasteiger partial charge on any atom is 0.242 e. The summed E-state index contributed by atoms with van der Waals surface area (Å²) in [6.45, 7) is 5.44. The molecule has 0 radical (unpaired) electrons. The smallest absolute Gasteiger partial charge is 0.242 e. The lowest BCUT2D eigenvalue weighted by atomic mass is 10.0. The quantitative estimate of drug-likeness (QED) is 0.555. The second-order valence-corrected chi connectivity index (χ2v) is 10.4. The number of piperidine rings is 1. The molecule has 1 unspecified atom stereocenters. The molecule has 0 aliphatic carbocycles. The van der Waals surface area contributed by atoms with Crippen LogP contribution in [0.2, 0.25) is 0 Å². The molecule has 33 heavy (non-hydrogen) atoms. The number of carbonyl (C=O) groups is 2. The lowest BCUT2D eigenvalue weighted by Crippen LogP contribution is -2.50. The van der Waals surface area contributed by atoms with Gasteiger partial charge in [-0.2, -0.15) is 4.31 Å². The average Bonchev–Trinajstić information content (AvgIpc) is 2.80. The van der Waals surface area contributed by atoms with Crippen LogP contribution in [0.15, 0.2) is 18.2 Å². The standard InChI is InChI=1S/C22H33FN4O5S/c1-2-15-33(30,31)27-9-4-3-5-20(27)22(29)24-17-6-7-18(23)19(16-17)25-21(28)8-10-26-11-13-32-14-12-26/h6-7,16,20H,2-5,8-15H2,1H3,(H,24,29)(H,25,28). The molecule has 0 spiro atoms. The van der Waals surface area contributed by atoms with Crippen molar-refractivity contribution < 1.29 is 27.1 Å². The van der Waals surface area contributed by atoms with Gasteiger partial charge in [0.2, 0.25) is 21.8 Å². The molecule has 2 fully saturated rings. The molecular formula is C22H33FN4O5S. The molecule has 3 rings (SSSR count). The first kappa shape index (κ1) is 25.5. The minimum absolute atomic E-state index is 0.00599. The minimum Gasteiger partial charge on any atom is -0.379 e. The molecule has 2 amide bonds. The Bertz CT molecular complexity index is 937. The average molecular weight is 485 g/mol. The first-order valence-electron chi connectivity index (χ1n) is 11.5. The van der Waals surface area contributed by atoms with Crippen LogP contribution in [0.5, 0.6) is 0 Å². The minimum atomic E-state index is -3.52. The number of sulfonamides is 1. The van der Waals surface area contributed by atoms with Crippen molar-refractivity contribution in [3.63, 3.8) is 0 Å². The van der Waals surface area contributed by atoms with Gasteiger partial charge in [-0.05, 0) is 37.5 Å². The van der Waals surface area contributed by atoms with Crippen LogP contribution >= 0.6 is 0 Å². The summed E-state index contributed by atoms with van der Waals surface area (Å²) < 4.78 is 46.0. The lowest BCUT2D eigenvalue weighted by Gasteiger charge is -2.33. The molecule has 0 aromatic heterocycles. The number of nitrogens with zero attached hydrogens (tertiary/aromatic N) is 2. The maximum absolute atomic E-state index is 14.3. The largest absolute Gasteiger partial charge is 0.379 e. The van der Waals surface area contributed by atoms with Gasteiger partial charge in [-0.15, -0.1) is 0 Å². The first-order valence-corrected chi connectivity index (χ1v) is 13.1. The van der Waals surface area contributed by atoms with Crippen molar-refractivity contribution in [1.29, 1.82) is 0 Å². The number of ether oxygens (including phenoxy) is 1. The zero-order valence-electron chi connectivity index (χ0n) is 19.0. The van der Waals surface area contributed by atoms with Crippen molar-refractivity contribution in [3.05, 3.63) is 24.0 Å². The SMILES string of the molecule is CCCS(=O)(=O)N1CCCCC1C(=O)Nc1ccc(F)c(NC(=O)CCN2CCOCC2)c1. The molecule has 2 aliphatic rings. The van der Waals surface area contributed by atoms with Gasteiger partial charge in [0, 0.05) is 38.3 Å². The molecule has 1 aromatic rings. The number of amides is 2. The van der Waals surface area contributed by atoms with Gasteiger partial charge in [-0.3, -0.25) is 14.5 Å². The summed E-state index contributed by atoms with van der Waals surface area (Å²) in [5, 5.41) is 5.26. The fraction of sp³-hybridized carbons (Fsp3) is 0.636. The summed E-state index contributed by atoms with van der Waals surface area (Å²) in [5.74, 6) is -1.40. The van der Waals surface area contributed by atoms with Gasteiger partial charge in [0.1, 0.15) is 11.9 Å². The maximum atomic E-state index is 14.3. The number of anilines is 2. The molecule has 0 bridgehead atoms. The van der Waals surface area contributed by atoms with E-state index in [2.05, 4.69) is 15.5 Å². The highest BCUT2D eigenvalue weighted by molar-refractivity contribution is 7.89. The Balaban J connectivity index is 1.62. The van der Waals surface area contributed by atoms with Crippen LogP contribution in [-0.2, 0) is 24.3 Å². The van der Waals surface area contributed by atoms with Crippen molar-refractivity contribution in [3.8, 4) is 0 Å². The molecule has 2 heterocycles. The monoisotopic (exact) mass is 484 g/mol. The summed E-state index contributed by atoms with van der Waals surface area (Å²) >= 11 is 0. The zero-order valence-corrected chi connectivity index (χ0v) is 19.8. The highest BCUT2D eigenvalue weighted by atomic mass is 32.2. The lowest BCUT2D eigenvalue weighted by molar-refractivity contribution is -0.120. The Morgan fingerprint density at radius 1 is 1.15 bits per heavy atom. The fourth-order valence-corrected chi connectivity index (χ4v) is 5.84. The van der Waals surface area contributed by atoms with E-state index in [0.29, 0.717) is 51.3 Å². The van der Waals surface area contributed by atoms with Crippen molar-refractivity contribution in [2.24, 2.45) is 0 Å². The van der Waals surface area contributed by atoms with Crippen molar-refractivity contribution >= 4 is 33.2 Å². The summed E-state index contributed by atoms with van der Waals surface area (Å²) in [6.07, 6.45) is 2.58. The van der Waals surface area contributed by atoms with E-state index >= 15 is 0 Å². The number of halogens is 1. The van der Waals surface area contributed by atoms with E-state index in [9.17, 15) is 22.4 Å². The molecule has 9 nitrogen and oxygen atoms in total. The molecule has 0 saturated carbocycles. The predicted molar refractivity (Wildman–Crippen MR) is 124 cm³/mol. The van der Waals surface area contributed by atoms with E-state index in [1.54, 1.807) is 6.92 Å². The third-order valence-electron chi connectivity index (χ3n) is 5.84. The fourth-order valence-electron chi connectivity index (χ4n) is 4.10. The number of morpholine rings is 1. The van der Waals surface area contributed by atoms with E-state index in [-0.39, 0.29) is 23.8 Å². The van der Waals surface area contributed by atoms with Gasteiger partial charge < -0.3 is 15.4 Å². The second-order valence-electron chi connectivity index (χ2n) is 8.37. The predicted octanol–water partition coefficient (Wildman–Crippen LogP) is 2.02. The third kappa shape index (κ3) is 7.20. The number of hydrogen-bond donors (Lipinski definition) is 2. The highest BCUT2D eigenvalue weighted by Gasteiger charge is 2.36. The number of hydrogen-bond acceptors (Lipinski definition) is 6. The Hall–Kier alpha value is -2.08. The van der Waals surface area contributed by atoms with Crippen molar-refractivity contribution in [2.75, 3.05) is 55.8 Å². The molecule has 2 saturated heterocycles. The van der Waals surface area contributed by atoms with Crippen LogP contribution in [-0.4, -0.2) is 80.6 Å². The van der Waals surface area contributed by atoms with Gasteiger partial charge in [-0.25, -0.2) is 12.8 Å². The molecule has 11 heteroatoms. The molecule has 1 atom stereocenters. The number of nitrogens with one attached hydrogen (secondary N) is 2. The third-order valence-corrected chi connectivity index (χ3v) is 7.92. The summed E-state index contributed by atoms with van der Waals surface area (Å²) in [4.78, 5) is 27.3. The Kier molecular flexibility index (Phi) is 9.19. The molecular weight excluding hydrogens is 451 g/mol. The molecule has 2 aliphatic heterocycles. The van der Waals surface area contributed by atoms with Crippen LogP contribution in [0.1, 0.15) is 39.0 Å². The summed E-state index contributed by atoms with van der Waals surface area (Å²) in [5.41, 5.74) is 0.266. The Morgan fingerprint density at radius 2 is 1.91 bits per heavy atom. The van der Waals surface area contributed by atoms with E-state index < -0.39 is 27.8 Å². The van der Waals surface area contributed by atoms with Crippen LogP contribution < -0.4 is 10.6 Å². The normalized spacial score (nSPS) is 20.4.